The van der Waals surface area contributed by atoms with Crippen LogP contribution >= 0.6 is 11.8 Å². The first-order valence-electron chi connectivity index (χ1n) is 6.62. The summed E-state index contributed by atoms with van der Waals surface area (Å²) in [6.07, 6.45) is 4.02. The number of nitrogens with two attached hydrogens (primary N) is 1. The lowest BCUT2D eigenvalue weighted by Crippen LogP contribution is -2.47. The molecule has 2 rings (SSSR count). The van der Waals surface area contributed by atoms with Gasteiger partial charge in [0.15, 0.2) is 0 Å². The third-order valence-electron chi connectivity index (χ3n) is 4.09. The minimum Gasteiger partial charge on any atom is -0.330 e. The van der Waals surface area contributed by atoms with E-state index in [-0.39, 0.29) is 0 Å². The summed E-state index contributed by atoms with van der Waals surface area (Å²) in [4.78, 5) is 2.72. The van der Waals surface area contributed by atoms with E-state index in [4.69, 9.17) is 5.73 Å². The summed E-state index contributed by atoms with van der Waals surface area (Å²) in [6, 6.07) is 0.826. The van der Waals surface area contributed by atoms with E-state index in [1.54, 1.807) is 0 Å². The number of piperidine rings is 1. The van der Waals surface area contributed by atoms with Gasteiger partial charge in [0.2, 0.25) is 0 Å². The molecule has 16 heavy (non-hydrogen) atoms. The van der Waals surface area contributed by atoms with Crippen LogP contribution in [0.5, 0.6) is 0 Å². The molecule has 94 valence electrons. The molecule has 0 aromatic carbocycles. The number of rotatable bonds is 2. The zero-order valence-electron chi connectivity index (χ0n) is 10.7. The topological polar surface area (TPSA) is 29.3 Å². The molecule has 2 fully saturated rings. The molecule has 0 aromatic heterocycles. The Labute approximate surface area is 104 Å². The number of nitrogens with zero attached hydrogens (tertiary/aromatic N) is 1. The Morgan fingerprint density at radius 2 is 2.00 bits per heavy atom. The van der Waals surface area contributed by atoms with Crippen LogP contribution < -0.4 is 5.73 Å². The quantitative estimate of drug-likeness (QED) is 0.805. The average Bonchev–Trinajstić information content (AvgIpc) is 2.28. The van der Waals surface area contributed by atoms with Crippen LogP contribution in [0.3, 0.4) is 0 Å². The Morgan fingerprint density at radius 3 is 2.56 bits per heavy atom. The van der Waals surface area contributed by atoms with Crippen LogP contribution in [-0.4, -0.2) is 42.1 Å². The van der Waals surface area contributed by atoms with Gasteiger partial charge in [0.05, 0.1) is 0 Å². The van der Waals surface area contributed by atoms with E-state index in [2.05, 4.69) is 30.5 Å². The van der Waals surface area contributed by atoms with E-state index in [1.165, 1.54) is 43.9 Å². The van der Waals surface area contributed by atoms with Gasteiger partial charge in [-0.1, -0.05) is 13.8 Å². The van der Waals surface area contributed by atoms with E-state index >= 15 is 0 Å². The van der Waals surface area contributed by atoms with Gasteiger partial charge in [-0.05, 0) is 56.0 Å². The molecule has 1 unspecified atom stereocenters. The molecule has 0 bridgehead atoms. The van der Waals surface area contributed by atoms with Gasteiger partial charge in [-0.3, -0.25) is 4.90 Å². The van der Waals surface area contributed by atoms with Crippen molar-refractivity contribution < 1.29 is 0 Å². The summed E-state index contributed by atoms with van der Waals surface area (Å²) in [5.41, 5.74) is 6.29. The molecule has 0 aliphatic carbocycles. The summed E-state index contributed by atoms with van der Waals surface area (Å²) >= 11 is 2.14. The average molecular weight is 242 g/mol. The molecule has 1 atom stereocenters. The standard InChI is InChI=1S/C13H26N2S/c1-13(2)7-12(9-16-10-13)15-5-3-11(8-14)4-6-15/h11-12H,3-10,14H2,1-2H3. The van der Waals surface area contributed by atoms with E-state index in [1.807, 2.05) is 0 Å². The molecule has 0 radical (unpaired) electrons. The van der Waals surface area contributed by atoms with Gasteiger partial charge in [0.25, 0.3) is 0 Å². The molecule has 0 spiro atoms. The molecular weight excluding hydrogens is 216 g/mol. The third kappa shape index (κ3) is 3.14. The highest BCUT2D eigenvalue weighted by Crippen LogP contribution is 2.36. The number of thioether (sulfide) groups is 1. The van der Waals surface area contributed by atoms with Crippen molar-refractivity contribution in [2.75, 3.05) is 31.1 Å². The first-order valence-corrected chi connectivity index (χ1v) is 7.78. The van der Waals surface area contributed by atoms with Crippen LogP contribution in [0.2, 0.25) is 0 Å². The van der Waals surface area contributed by atoms with Crippen molar-refractivity contribution in [2.24, 2.45) is 17.1 Å². The largest absolute Gasteiger partial charge is 0.330 e. The van der Waals surface area contributed by atoms with E-state index < -0.39 is 0 Å². The summed E-state index contributed by atoms with van der Waals surface area (Å²) in [6.45, 7) is 8.28. The normalized spacial score (nSPS) is 32.8. The molecular formula is C13H26N2S. The first kappa shape index (κ1) is 12.7. The van der Waals surface area contributed by atoms with Gasteiger partial charge < -0.3 is 5.73 Å². The predicted molar refractivity (Wildman–Crippen MR) is 72.9 cm³/mol. The van der Waals surface area contributed by atoms with Crippen molar-refractivity contribution in [2.45, 2.75) is 39.2 Å². The van der Waals surface area contributed by atoms with Crippen molar-refractivity contribution in [1.29, 1.82) is 0 Å². The molecule has 2 aliphatic heterocycles. The second-order valence-corrected chi connectivity index (χ2v) is 7.28. The van der Waals surface area contributed by atoms with Gasteiger partial charge in [-0.25, -0.2) is 0 Å². The van der Waals surface area contributed by atoms with Gasteiger partial charge in [-0.15, -0.1) is 0 Å². The van der Waals surface area contributed by atoms with E-state index in [0.717, 1.165) is 18.5 Å². The fourth-order valence-corrected chi connectivity index (χ4v) is 4.40. The zero-order valence-corrected chi connectivity index (χ0v) is 11.6. The lowest BCUT2D eigenvalue weighted by Gasteiger charge is -2.43. The lowest BCUT2D eigenvalue weighted by molar-refractivity contribution is 0.114. The minimum absolute atomic E-state index is 0.540. The van der Waals surface area contributed by atoms with Crippen molar-refractivity contribution in [3.05, 3.63) is 0 Å². The maximum absolute atomic E-state index is 5.75. The van der Waals surface area contributed by atoms with Crippen LogP contribution in [0.25, 0.3) is 0 Å². The molecule has 2 aliphatic rings. The molecule has 2 heterocycles. The van der Waals surface area contributed by atoms with E-state index in [0.29, 0.717) is 5.41 Å². The fourth-order valence-electron chi connectivity index (χ4n) is 3.02. The van der Waals surface area contributed by atoms with Crippen LogP contribution in [-0.2, 0) is 0 Å². The molecule has 2 saturated heterocycles. The van der Waals surface area contributed by atoms with Gasteiger partial charge in [0.1, 0.15) is 0 Å². The van der Waals surface area contributed by atoms with Crippen molar-refractivity contribution in [1.82, 2.24) is 4.90 Å². The minimum atomic E-state index is 0.540. The van der Waals surface area contributed by atoms with Crippen LogP contribution in [0.15, 0.2) is 0 Å². The summed E-state index contributed by atoms with van der Waals surface area (Å²) in [5, 5.41) is 0. The Morgan fingerprint density at radius 1 is 1.31 bits per heavy atom. The van der Waals surface area contributed by atoms with E-state index in [9.17, 15) is 0 Å². The number of hydrogen-bond acceptors (Lipinski definition) is 3. The highest BCUT2D eigenvalue weighted by atomic mass is 32.2. The Bertz CT molecular complexity index is 222. The molecule has 3 heteroatoms. The molecule has 0 saturated carbocycles. The monoisotopic (exact) mass is 242 g/mol. The Balaban J connectivity index is 1.84. The fraction of sp³-hybridized carbons (Fsp3) is 1.00. The highest BCUT2D eigenvalue weighted by Gasteiger charge is 2.33. The van der Waals surface area contributed by atoms with Crippen molar-refractivity contribution in [3.8, 4) is 0 Å². The summed E-state index contributed by atoms with van der Waals surface area (Å²) in [7, 11) is 0. The summed E-state index contributed by atoms with van der Waals surface area (Å²) in [5.74, 6) is 3.47. The Kier molecular flexibility index (Phi) is 4.20. The van der Waals surface area contributed by atoms with Gasteiger partial charge >= 0.3 is 0 Å². The number of hydrogen-bond donors (Lipinski definition) is 1. The predicted octanol–water partition coefficient (Wildman–Crippen LogP) is 2.19. The second kappa shape index (κ2) is 5.28. The zero-order chi connectivity index (χ0) is 11.6. The maximum atomic E-state index is 5.75. The SMILES string of the molecule is CC1(C)CSCC(N2CCC(CN)CC2)C1. The summed E-state index contributed by atoms with van der Waals surface area (Å²) < 4.78 is 0. The first-order chi connectivity index (χ1) is 7.61. The Hall–Kier alpha value is 0.270. The van der Waals surface area contributed by atoms with Crippen molar-refractivity contribution in [3.63, 3.8) is 0 Å². The second-order valence-electron chi connectivity index (χ2n) is 6.25. The lowest BCUT2D eigenvalue weighted by atomic mass is 9.86. The van der Waals surface area contributed by atoms with Crippen molar-refractivity contribution >= 4 is 11.8 Å². The smallest absolute Gasteiger partial charge is 0.0191 e. The molecule has 2 N–H and O–H groups in total. The third-order valence-corrected chi connectivity index (χ3v) is 5.70. The van der Waals surface area contributed by atoms with Gasteiger partial charge in [-0.2, -0.15) is 11.8 Å². The molecule has 2 nitrogen and oxygen atoms in total. The maximum Gasteiger partial charge on any atom is 0.0191 e. The van der Waals surface area contributed by atoms with Crippen LogP contribution in [0, 0.1) is 11.3 Å². The molecule has 0 amide bonds. The van der Waals surface area contributed by atoms with Crippen LogP contribution in [0.4, 0.5) is 0 Å². The van der Waals surface area contributed by atoms with Crippen LogP contribution in [0.1, 0.15) is 33.1 Å². The highest BCUT2D eigenvalue weighted by molar-refractivity contribution is 7.99. The van der Waals surface area contributed by atoms with Gasteiger partial charge in [0, 0.05) is 11.8 Å². The molecule has 0 aromatic rings. The number of likely N-dealkylation sites (tertiary alicyclic amines) is 1.